The Balaban J connectivity index is 2.04. The van der Waals surface area contributed by atoms with E-state index in [-0.39, 0.29) is 44.7 Å². The molecule has 0 bridgehead atoms. The van der Waals surface area contributed by atoms with Crippen molar-refractivity contribution >= 4 is 46.1 Å². The molecular formula is C24H32N6O6. The first-order valence-electron chi connectivity index (χ1n) is 11.4. The highest BCUT2D eigenvalue weighted by molar-refractivity contribution is 6.00. The Hall–Kier alpha value is -4.35. The van der Waals surface area contributed by atoms with Gasteiger partial charge in [-0.3, -0.25) is 24.2 Å². The summed E-state index contributed by atoms with van der Waals surface area (Å²) in [6.07, 6.45) is 0.654. The number of guanidine groups is 1. The van der Waals surface area contributed by atoms with E-state index in [9.17, 15) is 19.2 Å². The van der Waals surface area contributed by atoms with Crippen molar-refractivity contribution < 1.29 is 29.0 Å². The summed E-state index contributed by atoms with van der Waals surface area (Å²) in [5, 5.41) is 18.2. The van der Waals surface area contributed by atoms with Gasteiger partial charge in [-0.15, -0.1) is 0 Å². The van der Waals surface area contributed by atoms with Crippen LogP contribution in [0.5, 0.6) is 5.75 Å². The number of rotatable bonds is 14. The topological polar surface area (TPSA) is 198 Å². The number of nitrogens with zero attached hydrogens (tertiary/aromatic N) is 1. The van der Waals surface area contributed by atoms with Crippen LogP contribution in [0.4, 0.5) is 5.69 Å². The van der Waals surface area contributed by atoms with Gasteiger partial charge >= 0.3 is 5.97 Å². The van der Waals surface area contributed by atoms with E-state index >= 15 is 0 Å². The van der Waals surface area contributed by atoms with Gasteiger partial charge < -0.3 is 37.3 Å². The summed E-state index contributed by atoms with van der Waals surface area (Å²) >= 11 is 0. The van der Waals surface area contributed by atoms with Crippen LogP contribution >= 0.6 is 0 Å². The zero-order valence-corrected chi connectivity index (χ0v) is 20.1. The summed E-state index contributed by atoms with van der Waals surface area (Å²) in [5.41, 5.74) is 11.2. The molecule has 2 rings (SSSR count). The molecular weight excluding hydrogens is 468 g/mol. The SMILES string of the molecule is COc1cc(NC(=O)[C@H](CCCN=C(N)N)NC(=O)CNC(=O)CCCC(=O)O)cc2ccccc12. The minimum Gasteiger partial charge on any atom is -0.496 e. The minimum absolute atomic E-state index is 0.0220. The van der Waals surface area contributed by atoms with Gasteiger partial charge in [-0.05, 0) is 30.7 Å². The molecule has 2 aromatic carbocycles. The third kappa shape index (κ3) is 9.49. The summed E-state index contributed by atoms with van der Waals surface area (Å²) in [4.78, 5) is 51.7. The van der Waals surface area contributed by atoms with Crippen molar-refractivity contribution in [3.63, 3.8) is 0 Å². The maximum Gasteiger partial charge on any atom is 0.303 e. The number of aliphatic imine (C=N–C) groups is 1. The van der Waals surface area contributed by atoms with Crippen LogP contribution in [0.3, 0.4) is 0 Å². The van der Waals surface area contributed by atoms with Gasteiger partial charge in [0.05, 0.1) is 13.7 Å². The minimum atomic E-state index is -1.00. The number of nitrogens with two attached hydrogens (primary N) is 2. The van der Waals surface area contributed by atoms with E-state index in [4.69, 9.17) is 21.3 Å². The number of carboxylic acid groups (broad SMARTS) is 1. The van der Waals surface area contributed by atoms with Crippen molar-refractivity contribution in [2.24, 2.45) is 16.5 Å². The van der Waals surface area contributed by atoms with Crippen LogP contribution in [0.15, 0.2) is 41.4 Å². The van der Waals surface area contributed by atoms with Crippen molar-refractivity contribution in [1.29, 1.82) is 0 Å². The molecule has 0 radical (unpaired) electrons. The number of aliphatic carboxylic acids is 1. The Morgan fingerprint density at radius 2 is 1.81 bits per heavy atom. The second-order valence-corrected chi connectivity index (χ2v) is 7.98. The second kappa shape index (κ2) is 14.1. The van der Waals surface area contributed by atoms with Gasteiger partial charge in [-0.1, -0.05) is 24.3 Å². The van der Waals surface area contributed by atoms with Crippen LogP contribution < -0.4 is 32.2 Å². The van der Waals surface area contributed by atoms with Crippen LogP contribution in [0.25, 0.3) is 10.8 Å². The predicted octanol–water partition coefficient (Wildman–Crippen LogP) is 0.696. The van der Waals surface area contributed by atoms with Gasteiger partial charge in [0, 0.05) is 36.5 Å². The fourth-order valence-corrected chi connectivity index (χ4v) is 3.43. The zero-order chi connectivity index (χ0) is 26.5. The number of hydrogen-bond donors (Lipinski definition) is 6. The number of fused-ring (bicyclic) bond motifs is 1. The zero-order valence-electron chi connectivity index (χ0n) is 20.1. The van der Waals surface area contributed by atoms with E-state index in [1.165, 1.54) is 7.11 Å². The highest BCUT2D eigenvalue weighted by Gasteiger charge is 2.21. The Morgan fingerprint density at radius 3 is 2.50 bits per heavy atom. The molecule has 0 saturated heterocycles. The molecule has 0 aliphatic rings. The van der Waals surface area contributed by atoms with Crippen molar-refractivity contribution in [3.8, 4) is 5.75 Å². The number of ether oxygens (including phenoxy) is 1. The van der Waals surface area contributed by atoms with Gasteiger partial charge in [0.25, 0.3) is 0 Å². The molecule has 0 heterocycles. The number of benzene rings is 2. The summed E-state index contributed by atoms with van der Waals surface area (Å²) in [6.45, 7) is -0.0839. The molecule has 0 saturated carbocycles. The van der Waals surface area contributed by atoms with E-state index in [2.05, 4.69) is 20.9 Å². The van der Waals surface area contributed by atoms with E-state index in [0.717, 1.165) is 10.8 Å². The standard InChI is InChI=1S/C24H32N6O6/c1-36-19-13-16(12-15-6-2-3-7-17(15)19)29-23(35)18(8-5-11-27-24(25)26)30-21(32)14-28-20(31)9-4-10-22(33)34/h2-3,6-7,12-13,18H,4-5,8-11,14H2,1H3,(H,28,31)(H,29,35)(H,30,32)(H,33,34)(H4,25,26,27)/t18-/m0/s1. The lowest BCUT2D eigenvalue weighted by atomic mass is 10.1. The molecule has 0 aliphatic heterocycles. The Labute approximate surface area is 208 Å². The van der Waals surface area contributed by atoms with Crippen molar-refractivity contribution in [3.05, 3.63) is 36.4 Å². The average molecular weight is 501 g/mol. The molecule has 12 heteroatoms. The Morgan fingerprint density at radius 1 is 1.06 bits per heavy atom. The van der Waals surface area contributed by atoms with E-state index in [1.807, 2.05) is 24.3 Å². The summed E-state index contributed by atoms with van der Waals surface area (Å²) in [6, 6.07) is 10.1. The fraction of sp³-hybridized carbons (Fsp3) is 0.375. The largest absolute Gasteiger partial charge is 0.496 e. The lowest BCUT2D eigenvalue weighted by Crippen LogP contribution is -2.47. The molecule has 194 valence electrons. The van der Waals surface area contributed by atoms with E-state index < -0.39 is 29.7 Å². The molecule has 0 unspecified atom stereocenters. The van der Waals surface area contributed by atoms with Crippen molar-refractivity contribution in [2.75, 3.05) is 25.5 Å². The number of carbonyl (C=O) groups excluding carboxylic acids is 3. The first-order valence-corrected chi connectivity index (χ1v) is 11.4. The summed E-state index contributed by atoms with van der Waals surface area (Å²) in [7, 11) is 1.54. The lowest BCUT2D eigenvalue weighted by molar-refractivity contribution is -0.137. The van der Waals surface area contributed by atoms with Crippen LogP contribution in [0.2, 0.25) is 0 Å². The van der Waals surface area contributed by atoms with Crippen molar-refractivity contribution in [2.45, 2.75) is 38.1 Å². The maximum absolute atomic E-state index is 13.1. The highest BCUT2D eigenvalue weighted by Crippen LogP contribution is 2.29. The first-order chi connectivity index (χ1) is 17.2. The summed E-state index contributed by atoms with van der Waals surface area (Å²) < 4.78 is 5.44. The molecule has 2 aromatic rings. The van der Waals surface area contributed by atoms with Crippen LogP contribution in [0.1, 0.15) is 32.1 Å². The Kier molecular flexibility index (Phi) is 11.0. The van der Waals surface area contributed by atoms with Crippen LogP contribution in [-0.4, -0.2) is 61.0 Å². The molecule has 0 aromatic heterocycles. The van der Waals surface area contributed by atoms with Gasteiger partial charge in [-0.2, -0.15) is 0 Å². The smallest absolute Gasteiger partial charge is 0.303 e. The third-order valence-electron chi connectivity index (χ3n) is 5.15. The number of carbonyl (C=O) groups is 4. The van der Waals surface area contributed by atoms with E-state index in [1.54, 1.807) is 12.1 Å². The molecule has 12 nitrogen and oxygen atoms in total. The average Bonchev–Trinajstić information content (AvgIpc) is 2.83. The number of methoxy groups -OCH3 is 1. The van der Waals surface area contributed by atoms with Gasteiger partial charge in [-0.25, -0.2) is 0 Å². The summed E-state index contributed by atoms with van der Waals surface area (Å²) in [5.74, 6) is -1.98. The van der Waals surface area contributed by atoms with Gasteiger partial charge in [0.2, 0.25) is 17.7 Å². The van der Waals surface area contributed by atoms with Gasteiger partial charge in [0.15, 0.2) is 5.96 Å². The number of carboxylic acids is 1. The number of amides is 3. The number of anilines is 1. The molecule has 1 atom stereocenters. The normalized spacial score (nSPS) is 11.2. The number of nitrogens with one attached hydrogen (secondary N) is 3. The quantitative estimate of drug-likeness (QED) is 0.124. The molecule has 36 heavy (non-hydrogen) atoms. The Bertz CT molecular complexity index is 1120. The molecule has 0 aliphatic carbocycles. The van der Waals surface area contributed by atoms with Gasteiger partial charge in [0.1, 0.15) is 11.8 Å². The molecule has 0 spiro atoms. The molecule has 3 amide bonds. The van der Waals surface area contributed by atoms with Crippen LogP contribution in [-0.2, 0) is 19.2 Å². The number of hydrogen-bond acceptors (Lipinski definition) is 6. The molecule has 8 N–H and O–H groups in total. The van der Waals surface area contributed by atoms with Crippen LogP contribution in [0, 0.1) is 0 Å². The highest BCUT2D eigenvalue weighted by atomic mass is 16.5. The predicted molar refractivity (Wildman–Crippen MR) is 135 cm³/mol. The molecule has 0 fully saturated rings. The van der Waals surface area contributed by atoms with Crippen molar-refractivity contribution in [1.82, 2.24) is 10.6 Å². The lowest BCUT2D eigenvalue weighted by Gasteiger charge is -2.19. The maximum atomic E-state index is 13.1. The van der Waals surface area contributed by atoms with E-state index in [0.29, 0.717) is 17.9 Å². The third-order valence-corrected chi connectivity index (χ3v) is 5.15. The fourth-order valence-electron chi connectivity index (χ4n) is 3.43. The second-order valence-electron chi connectivity index (χ2n) is 7.98. The monoisotopic (exact) mass is 500 g/mol. The first kappa shape index (κ1) is 27.9.